The predicted molar refractivity (Wildman–Crippen MR) is 74.0 cm³/mol. The fourth-order valence-corrected chi connectivity index (χ4v) is 1.97. The summed E-state index contributed by atoms with van der Waals surface area (Å²) in [6.07, 6.45) is 3.60. The predicted octanol–water partition coefficient (Wildman–Crippen LogP) is 3.68. The smallest absolute Gasteiger partial charge is 0.0722 e. The van der Waals surface area contributed by atoms with Crippen LogP contribution in [0.15, 0.2) is 54.9 Å². The molecule has 0 saturated carbocycles. The van der Waals surface area contributed by atoms with E-state index >= 15 is 0 Å². The molecule has 0 fully saturated rings. The van der Waals surface area contributed by atoms with Crippen LogP contribution in [0.1, 0.15) is 5.69 Å². The number of hydrogen-bond donors (Lipinski definition) is 1. The second-order valence-corrected chi connectivity index (χ2v) is 4.14. The Bertz CT molecular complexity index is 687. The number of fused-ring (bicyclic) bond motifs is 1. The van der Waals surface area contributed by atoms with E-state index in [1.807, 2.05) is 37.3 Å². The summed E-state index contributed by atoms with van der Waals surface area (Å²) in [5.41, 5.74) is 4.05. The summed E-state index contributed by atoms with van der Waals surface area (Å²) in [5, 5.41) is 4.53. The first-order valence-corrected chi connectivity index (χ1v) is 5.87. The zero-order chi connectivity index (χ0) is 12.4. The van der Waals surface area contributed by atoms with Gasteiger partial charge in [-0.3, -0.25) is 9.97 Å². The van der Waals surface area contributed by atoms with E-state index in [0.29, 0.717) is 0 Å². The van der Waals surface area contributed by atoms with Crippen LogP contribution in [-0.4, -0.2) is 9.97 Å². The van der Waals surface area contributed by atoms with Crippen LogP contribution in [0.3, 0.4) is 0 Å². The van der Waals surface area contributed by atoms with Crippen molar-refractivity contribution in [2.75, 3.05) is 5.32 Å². The number of anilines is 2. The standard InChI is InChI=1S/C15H13N3/c1-11-13(8-4-9-16-11)18-15-7-2-6-14-12(15)5-3-10-17-14/h2-10,18H,1H3. The molecule has 3 nitrogen and oxygen atoms in total. The second-order valence-electron chi connectivity index (χ2n) is 4.14. The first-order valence-electron chi connectivity index (χ1n) is 5.87. The Morgan fingerprint density at radius 3 is 2.50 bits per heavy atom. The molecule has 0 spiro atoms. The van der Waals surface area contributed by atoms with Gasteiger partial charge in [0.25, 0.3) is 0 Å². The van der Waals surface area contributed by atoms with Crippen molar-refractivity contribution < 1.29 is 0 Å². The largest absolute Gasteiger partial charge is 0.353 e. The van der Waals surface area contributed by atoms with Gasteiger partial charge in [-0.15, -0.1) is 0 Å². The topological polar surface area (TPSA) is 37.8 Å². The van der Waals surface area contributed by atoms with E-state index in [-0.39, 0.29) is 0 Å². The molecule has 1 aromatic carbocycles. The van der Waals surface area contributed by atoms with Crippen LogP contribution in [0.4, 0.5) is 11.4 Å². The third kappa shape index (κ3) is 1.91. The van der Waals surface area contributed by atoms with Gasteiger partial charge >= 0.3 is 0 Å². The van der Waals surface area contributed by atoms with Gasteiger partial charge in [0.05, 0.1) is 16.9 Å². The molecule has 88 valence electrons. The van der Waals surface area contributed by atoms with Gasteiger partial charge in [-0.05, 0) is 43.3 Å². The van der Waals surface area contributed by atoms with E-state index < -0.39 is 0 Å². The van der Waals surface area contributed by atoms with Crippen molar-refractivity contribution in [1.82, 2.24) is 9.97 Å². The lowest BCUT2D eigenvalue weighted by atomic mass is 10.1. The van der Waals surface area contributed by atoms with Crippen molar-refractivity contribution >= 4 is 22.3 Å². The van der Waals surface area contributed by atoms with Gasteiger partial charge in [0.2, 0.25) is 0 Å². The zero-order valence-corrected chi connectivity index (χ0v) is 10.1. The lowest BCUT2D eigenvalue weighted by molar-refractivity contribution is 1.20. The van der Waals surface area contributed by atoms with Crippen molar-refractivity contribution in [2.24, 2.45) is 0 Å². The molecule has 3 aromatic rings. The Morgan fingerprint density at radius 1 is 0.833 bits per heavy atom. The SMILES string of the molecule is Cc1ncccc1Nc1cccc2ncccc12. The van der Waals surface area contributed by atoms with Gasteiger partial charge in [0.15, 0.2) is 0 Å². The average molecular weight is 235 g/mol. The molecule has 18 heavy (non-hydrogen) atoms. The monoisotopic (exact) mass is 235 g/mol. The molecule has 1 N–H and O–H groups in total. The summed E-state index contributed by atoms with van der Waals surface area (Å²) in [7, 11) is 0. The van der Waals surface area contributed by atoms with Gasteiger partial charge in [-0.1, -0.05) is 6.07 Å². The quantitative estimate of drug-likeness (QED) is 0.736. The highest BCUT2D eigenvalue weighted by Gasteiger charge is 2.03. The number of rotatable bonds is 2. The first kappa shape index (κ1) is 10.7. The van der Waals surface area contributed by atoms with E-state index in [1.54, 1.807) is 12.4 Å². The van der Waals surface area contributed by atoms with Crippen LogP contribution in [0.5, 0.6) is 0 Å². The number of aryl methyl sites for hydroxylation is 1. The molecular formula is C15H13N3. The average Bonchev–Trinajstić information content (AvgIpc) is 2.42. The van der Waals surface area contributed by atoms with Crippen LogP contribution in [-0.2, 0) is 0 Å². The molecular weight excluding hydrogens is 222 g/mol. The van der Waals surface area contributed by atoms with Crippen molar-refractivity contribution in [3.8, 4) is 0 Å². The number of pyridine rings is 2. The third-order valence-electron chi connectivity index (χ3n) is 2.92. The minimum atomic E-state index is 0.985. The van der Waals surface area contributed by atoms with Crippen LogP contribution in [0, 0.1) is 6.92 Å². The Kier molecular flexibility index (Phi) is 2.65. The van der Waals surface area contributed by atoms with E-state index in [4.69, 9.17) is 0 Å². The molecule has 0 bridgehead atoms. The molecule has 0 unspecified atom stereocenters. The maximum atomic E-state index is 4.35. The fourth-order valence-electron chi connectivity index (χ4n) is 1.97. The van der Waals surface area contributed by atoms with Crippen molar-refractivity contribution in [2.45, 2.75) is 6.92 Å². The minimum absolute atomic E-state index is 0.985. The maximum Gasteiger partial charge on any atom is 0.0722 e. The van der Waals surface area contributed by atoms with Crippen molar-refractivity contribution in [1.29, 1.82) is 0 Å². The molecule has 2 aromatic heterocycles. The van der Waals surface area contributed by atoms with Gasteiger partial charge in [0, 0.05) is 23.5 Å². The zero-order valence-electron chi connectivity index (χ0n) is 10.1. The van der Waals surface area contributed by atoms with Crippen LogP contribution >= 0.6 is 0 Å². The Balaban J connectivity index is 2.08. The maximum absolute atomic E-state index is 4.35. The minimum Gasteiger partial charge on any atom is -0.353 e. The van der Waals surface area contributed by atoms with E-state index in [1.165, 1.54) is 0 Å². The van der Waals surface area contributed by atoms with E-state index in [2.05, 4.69) is 27.4 Å². The first-order chi connectivity index (χ1) is 8.84. The normalized spacial score (nSPS) is 10.5. The molecule has 0 aliphatic heterocycles. The number of nitrogens with one attached hydrogen (secondary N) is 1. The van der Waals surface area contributed by atoms with E-state index in [9.17, 15) is 0 Å². The number of aromatic nitrogens is 2. The number of benzene rings is 1. The lowest BCUT2D eigenvalue weighted by Crippen LogP contribution is -1.95. The summed E-state index contributed by atoms with van der Waals surface area (Å²) >= 11 is 0. The van der Waals surface area contributed by atoms with Crippen molar-refractivity contribution in [3.63, 3.8) is 0 Å². The fraction of sp³-hybridized carbons (Fsp3) is 0.0667. The molecule has 0 atom stereocenters. The van der Waals surface area contributed by atoms with Gasteiger partial charge in [-0.25, -0.2) is 0 Å². The third-order valence-corrected chi connectivity index (χ3v) is 2.92. The summed E-state index contributed by atoms with van der Waals surface area (Å²) in [5.74, 6) is 0. The Hall–Kier alpha value is -2.42. The molecule has 2 heterocycles. The molecule has 3 heteroatoms. The highest BCUT2D eigenvalue weighted by Crippen LogP contribution is 2.25. The van der Waals surface area contributed by atoms with Crippen LogP contribution in [0.25, 0.3) is 10.9 Å². The van der Waals surface area contributed by atoms with E-state index in [0.717, 1.165) is 28.0 Å². The van der Waals surface area contributed by atoms with Gasteiger partial charge in [0.1, 0.15) is 0 Å². The molecule has 0 saturated heterocycles. The van der Waals surface area contributed by atoms with Crippen LogP contribution in [0.2, 0.25) is 0 Å². The summed E-state index contributed by atoms with van der Waals surface area (Å²) in [4.78, 5) is 8.63. The molecule has 3 rings (SSSR count). The highest BCUT2D eigenvalue weighted by molar-refractivity contribution is 5.93. The second kappa shape index (κ2) is 4.45. The molecule has 0 aliphatic carbocycles. The molecule has 0 aliphatic rings. The van der Waals surface area contributed by atoms with Gasteiger partial charge in [-0.2, -0.15) is 0 Å². The van der Waals surface area contributed by atoms with Crippen LogP contribution < -0.4 is 5.32 Å². The number of hydrogen-bond acceptors (Lipinski definition) is 3. The molecule has 0 amide bonds. The Morgan fingerprint density at radius 2 is 1.61 bits per heavy atom. The Labute approximate surface area is 106 Å². The summed E-state index contributed by atoms with van der Waals surface area (Å²) in [6.45, 7) is 1.99. The van der Waals surface area contributed by atoms with Gasteiger partial charge < -0.3 is 5.32 Å². The summed E-state index contributed by atoms with van der Waals surface area (Å²) in [6, 6.07) is 14.0. The molecule has 0 radical (unpaired) electrons. The highest BCUT2D eigenvalue weighted by atomic mass is 14.9. The number of nitrogens with zero attached hydrogens (tertiary/aromatic N) is 2. The summed E-state index contributed by atoms with van der Waals surface area (Å²) < 4.78 is 0. The van der Waals surface area contributed by atoms with Crippen molar-refractivity contribution in [3.05, 3.63) is 60.6 Å². The lowest BCUT2D eigenvalue weighted by Gasteiger charge is -2.10.